The van der Waals surface area contributed by atoms with Crippen molar-refractivity contribution in [3.05, 3.63) is 23.2 Å². The summed E-state index contributed by atoms with van der Waals surface area (Å²) in [5, 5.41) is 6.43. The summed E-state index contributed by atoms with van der Waals surface area (Å²) >= 11 is 0. The van der Waals surface area contributed by atoms with Gasteiger partial charge in [0.1, 0.15) is 5.76 Å². The number of nitrogens with one attached hydrogen (secondary N) is 2. The lowest BCUT2D eigenvalue weighted by molar-refractivity contribution is 0.0890. The lowest BCUT2D eigenvalue weighted by atomic mass is 10.00. The molecule has 0 radical (unpaired) electrons. The summed E-state index contributed by atoms with van der Waals surface area (Å²) < 4.78 is 5.57. The molecule has 2 heterocycles. The highest BCUT2D eigenvalue weighted by molar-refractivity contribution is 5.92. The third-order valence-electron chi connectivity index (χ3n) is 3.64. The SMILES string of the molecule is CCc1oc(C(=O)NC2CCCNC2C)cc1C.Cl. The molecule has 2 N–H and O–H groups in total. The third kappa shape index (κ3) is 3.74. The van der Waals surface area contributed by atoms with Crippen LogP contribution in [-0.2, 0) is 6.42 Å². The van der Waals surface area contributed by atoms with Gasteiger partial charge in [0, 0.05) is 18.5 Å². The van der Waals surface area contributed by atoms with E-state index in [1.807, 2.05) is 19.9 Å². The van der Waals surface area contributed by atoms with E-state index in [-0.39, 0.29) is 24.4 Å². The monoisotopic (exact) mass is 286 g/mol. The van der Waals surface area contributed by atoms with Gasteiger partial charge in [-0.15, -0.1) is 12.4 Å². The molecule has 0 aliphatic carbocycles. The second kappa shape index (κ2) is 6.96. The number of hydrogen-bond donors (Lipinski definition) is 2. The molecular formula is C14H23ClN2O2. The Hall–Kier alpha value is -1.00. The molecule has 1 aromatic heterocycles. The number of carbonyl (C=O) groups excluding carboxylic acids is 1. The van der Waals surface area contributed by atoms with Crippen LogP contribution in [0.15, 0.2) is 10.5 Å². The predicted octanol–water partition coefficient (Wildman–Crippen LogP) is 2.44. The van der Waals surface area contributed by atoms with Crippen molar-refractivity contribution < 1.29 is 9.21 Å². The molecule has 1 aliphatic heterocycles. The standard InChI is InChI=1S/C14H22N2O2.ClH/c1-4-12-9(2)8-13(18-12)14(17)16-11-6-5-7-15-10(11)3;/h8,10-11,15H,4-7H2,1-3H3,(H,16,17);1H. The predicted molar refractivity (Wildman–Crippen MR) is 78.0 cm³/mol. The van der Waals surface area contributed by atoms with Gasteiger partial charge in [-0.2, -0.15) is 0 Å². The number of carbonyl (C=O) groups is 1. The highest BCUT2D eigenvalue weighted by Gasteiger charge is 2.24. The van der Waals surface area contributed by atoms with Crippen molar-refractivity contribution in [3.8, 4) is 0 Å². The summed E-state index contributed by atoms with van der Waals surface area (Å²) in [5.74, 6) is 1.23. The maximum Gasteiger partial charge on any atom is 0.287 e. The van der Waals surface area contributed by atoms with E-state index < -0.39 is 0 Å². The van der Waals surface area contributed by atoms with Crippen LogP contribution in [-0.4, -0.2) is 24.5 Å². The molecule has 1 amide bonds. The fourth-order valence-electron chi connectivity index (χ4n) is 2.46. The van der Waals surface area contributed by atoms with E-state index in [2.05, 4.69) is 17.6 Å². The molecule has 1 aromatic rings. The fraction of sp³-hybridized carbons (Fsp3) is 0.643. The van der Waals surface area contributed by atoms with Crippen molar-refractivity contribution in [2.45, 2.75) is 52.1 Å². The van der Waals surface area contributed by atoms with Crippen molar-refractivity contribution >= 4 is 18.3 Å². The van der Waals surface area contributed by atoms with Crippen LogP contribution in [0.4, 0.5) is 0 Å². The second-order valence-electron chi connectivity index (χ2n) is 5.04. The Labute approximate surface area is 120 Å². The van der Waals surface area contributed by atoms with Gasteiger partial charge in [0.25, 0.3) is 5.91 Å². The van der Waals surface area contributed by atoms with Crippen molar-refractivity contribution in [2.24, 2.45) is 0 Å². The molecule has 0 aromatic carbocycles. The molecule has 108 valence electrons. The van der Waals surface area contributed by atoms with Gasteiger partial charge in [0.05, 0.1) is 0 Å². The summed E-state index contributed by atoms with van der Waals surface area (Å²) in [6, 6.07) is 2.35. The average Bonchev–Trinajstić information content (AvgIpc) is 2.73. The minimum Gasteiger partial charge on any atom is -0.456 e. The largest absolute Gasteiger partial charge is 0.456 e. The van der Waals surface area contributed by atoms with Crippen LogP contribution < -0.4 is 10.6 Å². The van der Waals surface area contributed by atoms with Gasteiger partial charge in [-0.05, 0) is 44.9 Å². The molecule has 1 fully saturated rings. The first-order valence-corrected chi connectivity index (χ1v) is 6.75. The maximum atomic E-state index is 12.1. The molecule has 5 heteroatoms. The first-order valence-electron chi connectivity index (χ1n) is 6.75. The van der Waals surface area contributed by atoms with Gasteiger partial charge in [-0.3, -0.25) is 4.79 Å². The zero-order valence-electron chi connectivity index (χ0n) is 11.8. The Kier molecular flexibility index (Phi) is 5.88. The Morgan fingerprint density at radius 1 is 1.58 bits per heavy atom. The van der Waals surface area contributed by atoms with Crippen LogP contribution in [0.2, 0.25) is 0 Å². The van der Waals surface area contributed by atoms with Crippen LogP contribution in [0.1, 0.15) is 48.6 Å². The number of halogens is 1. The Balaban J connectivity index is 0.00000180. The Morgan fingerprint density at radius 3 is 2.89 bits per heavy atom. The zero-order valence-corrected chi connectivity index (χ0v) is 12.6. The van der Waals surface area contributed by atoms with E-state index in [9.17, 15) is 4.79 Å². The minimum absolute atomic E-state index is 0. The molecule has 4 nitrogen and oxygen atoms in total. The first-order chi connectivity index (χ1) is 8.61. The third-order valence-corrected chi connectivity index (χ3v) is 3.64. The smallest absolute Gasteiger partial charge is 0.287 e. The highest BCUT2D eigenvalue weighted by atomic mass is 35.5. The van der Waals surface area contributed by atoms with Crippen LogP contribution >= 0.6 is 12.4 Å². The summed E-state index contributed by atoms with van der Waals surface area (Å²) in [4.78, 5) is 12.1. The lowest BCUT2D eigenvalue weighted by Crippen LogP contribution is -2.51. The Bertz CT molecular complexity index is 431. The number of amides is 1. The van der Waals surface area contributed by atoms with Gasteiger partial charge < -0.3 is 15.1 Å². The fourth-order valence-corrected chi connectivity index (χ4v) is 2.46. The molecule has 1 saturated heterocycles. The van der Waals surface area contributed by atoms with Gasteiger partial charge in [-0.1, -0.05) is 6.92 Å². The number of furan rings is 1. The van der Waals surface area contributed by atoms with Crippen molar-refractivity contribution in [1.29, 1.82) is 0 Å². The van der Waals surface area contributed by atoms with Crippen molar-refractivity contribution in [2.75, 3.05) is 6.54 Å². The van der Waals surface area contributed by atoms with Crippen LogP contribution in [0.25, 0.3) is 0 Å². The molecule has 2 rings (SSSR count). The van der Waals surface area contributed by atoms with Crippen LogP contribution in [0.5, 0.6) is 0 Å². The van der Waals surface area contributed by atoms with E-state index in [1.165, 1.54) is 0 Å². The van der Waals surface area contributed by atoms with Crippen molar-refractivity contribution in [1.82, 2.24) is 10.6 Å². The molecule has 0 saturated carbocycles. The normalized spacial score (nSPS) is 22.7. The molecular weight excluding hydrogens is 264 g/mol. The van der Waals surface area contributed by atoms with Gasteiger partial charge in [0.15, 0.2) is 5.76 Å². The molecule has 2 unspecified atom stereocenters. The summed E-state index contributed by atoms with van der Waals surface area (Å²) in [6.07, 6.45) is 2.95. The summed E-state index contributed by atoms with van der Waals surface area (Å²) in [7, 11) is 0. The average molecular weight is 287 g/mol. The van der Waals surface area contributed by atoms with E-state index in [0.29, 0.717) is 11.8 Å². The lowest BCUT2D eigenvalue weighted by Gasteiger charge is -2.30. The molecule has 0 spiro atoms. The minimum atomic E-state index is -0.0988. The second-order valence-corrected chi connectivity index (χ2v) is 5.04. The summed E-state index contributed by atoms with van der Waals surface area (Å²) in [5.41, 5.74) is 1.05. The summed E-state index contributed by atoms with van der Waals surface area (Å²) in [6.45, 7) is 7.15. The molecule has 19 heavy (non-hydrogen) atoms. The maximum absolute atomic E-state index is 12.1. The molecule has 0 bridgehead atoms. The van der Waals surface area contributed by atoms with Crippen molar-refractivity contribution in [3.63, 3.8) is 0 Å². The van der Waals surface area contributed by atoms with E-state index in [0.717, 1.165) is 37.1 Å². The van der Waals surface area contributed by atoms with E-state index >= 15 is 0 Å². The quantitative estimate of drug-likeness (QED) is 0.897. The first kappa shape index (κ1) is 16.1. The Morgan fingerprint density at radius 2 is 2.32 bits per heavy atom. The van der Waals surface area contributed by atoms with Crippen LogP contribution in [0.3, 0.4) is 0 Å². The van der Waals surface area contributed by atoms with Gasteiger partial charge >= 0.3 is 0 Å². The number of piperidine rings is 1. The molecule has 1 aliphatic rings. The molecule has 2 atom stereocenters. The van der Waals surface area contributed by atoms with Crippen LogP contribution in [0, 0.1) is 6.92 Å². The van der Waals surface area contributed by atoms with E-state index in [4.69, 9.17) is 4.42 Å². The van der Waals surface area contributed by atoms with Gasteiger partial charge in [0.2, 0.25) is 0 Å². The van der Waals surface area contributed by atoms with E-state index in [1.54, 1.807) is 0 Å². The van der Waals surface area contributed by atoms with Gasteiger partial charge in [-0.25, -0.2) is 0 Å². The number of rotatable bonds is 3. The number of aryl methyl sites for hydroxylation is 2. The zero-order chi connectivity index (χ0) is 13.1. The highest BCUT2D eigenvalue weighted by Crippen LogP contribution is 2.16. The topological polar surface area (TPSA) is 54.3 Å². The number of hydrogen-bond acceptors (Lipinski definition) is 3.